The number of piperidine rings is 1. The van der Waals surface area contributed by atoms with E-state index in [0.29, 0.717) is 18.3 Å². The highest BCUT2D eigenvalue weighted by molar-refractivity contribution is 9.10. The van der Waals surface area contributed by atoms with Crippen LogP contribution in [-0.2, 0) is 12.8 Å². The molecule has 4 atom stereocenters. The van der Waals surface area contributed by atoms with Crippen LogP contribution in [0.4, 0.5) is 0 Å². The summed E-state index contributed by atoms with van der Waals surface area (Å²) in [5.41, 5.74) is 5.95. The molecule has 2 aromatic carbocycles. The van der Waals surface area contributed by atoms with Gasteiger partial charge in [-0.1, -0.05) is 28.1 Å². The van der Waals surface area contributed by atoms with Crippen LogP contribution in [0.5, 0.6) is 0 Å². The first-order valence-electron chi connectivity index (χ1n) is 11.2. The van der Waals surface area contributed by atoms with Gasteiger partial charge < -0.3 is 19.7 Å². The molecule has 2 aliphatic rings. The molecule has 1 aliphatic carbocycles. The van der Waals surface area contributed by atoms with Gasteiger partial charge in [0, 0.05) is 24.1 Å². The Hall–Kier alpha value is -1.73. The van der Waals surface area contributed by atoms with E-state index < -0.39 is 12.2 Å². The molecular formula is C25H30BrN3O2. The predicted octanol–water partition coefficient (Wildman–Crippen LogP) is 4.18. The van der Waals surface area contributed by atoms with Crippen molar-refractivity contribution < 1.29 is 10.2 Å². The smallest absolute Gasteiger partial charge is 0.138 e. The molecule has 0 bridgehead atoms. The number of nitrogens with zero attached hydrogens (tertiary/aromatic N) is 3. The van der Waals surface area contributed by atoms with E-state index in [0.717, 1.165) is 53.4 Å². The fraction of sp³-hybridized carbons (Fsp3) is 0.480. The summed E-state index contributed by atoms with van der Waals surface area (Å²) < 4.78 is 3.24. The van der Waals surface area contributed by atoms with Gasteiger partial charge in [0.15, 0.2) is 0 Å². The Morgan fingerprint density at radius 3 is 2.74 bits per heavy atom. The van der Waals surface area contributed by atoms with Gasteiger partial charge in [0.05, 0.1) is 23.2 Å². The van der Waals surface area contributed by atoms with Crippen molar-refractivity contribution in [1.82, 2.24) is 14.5 Å². The second-order valence-corrected chi connectivity index (χ2v) is 10.3. The van der Waals surface area contributed by atoms with Crippen LogP contribution in [0, 0.1) is 12.8 Å². The first-order chi connectivity index (χ1) is 14.9. The van der Waals surface area contributed by atoms with Crippen LogP contribution in [0.1, 0.15) is 48.0 Å². The lowest BCUT2D eigenvalue weighted by molar-refractivity contribution is 0.0197. The van der Waals surface area contributed by atoms with Crippen molar-refractivity contribution in [3.05, 3.63) is 63.4 Å². The van der Waals surface area contributed by atoms with Crippen LogP contribution in [0.25, 0.3) is 11.0 Å². The maximum Gasteiger partial charge on any atom is 0.138 e. The molecule has 5 nitrogen and oxygen atoms in total. The quantitative estimate of drug-likeness (QED) is 0.584. The zero-order chi connectivity index (χ0) is 21.7. The molecule has 0 amide bonds. The maximum atomic E-state index is 11.1. The number of aryl methyl sites for hydroxylation is 1. The van der Waals surface area contributed by atoms with Crippen LogP contribution in [0.3, 0.4) is 0 Å². The largest absolute Gasteiger partial charge is 0.390 e. The van der Waals surface area contributed by atoms with Crippen LogP contribution in [0.15, 0.2) is 40.9 Å². The van der Waals surface area contributed by atoms with Gasteiger partial charge in [-0.15, -0.1) is 0 Å². The summed E-state index contributed by atoms with van der Waals surface area (Å²) in [6.07, 6.45) is 1.93. The molecule has 164 valence electrons. The van der Waals surface area contributed by atoms with E-state index in [-0.39, 0.29) is 6.04 Å². The summed E-state index contributed by atoms with van der Waals surface area (Å²) in [4.78, 5) is 7.11. The number of hydrogen-bond donors (Lipinski definition) is 2. The molecular weight excluding hydrogens is 454 g/mol. The number of likely N-dealkylation sites (tertiary alicyclic amines) is 1. The third-order valence-corrected chi connectivity index (χ3v) is 7.40. The van der Waals surface area contributed by atoms with E-state index >= 15 is 0 Å². The van der Waals surface area contributed by atoms with Crippen LogP contribution in [-0.4, -0.2) is 50.4 Å². The minimum atomic E-state index is -0.672. The fourth-order valence-electron chi connectivity index (χ4n) is 5.49. The number of rotatable bonds is 4. The van der Waals surface area contributed by atoms with Crippen molar-refractivity contribution in [1.29, 1.82) is 0 Å². The van der Waals surface area contributed by atoms with Crippen molar-refractivity contribution >= 4 is 27.0 Å². The summed E-state index contributed by atoms with van der Waals surface area (Å²) in [7, 11) is 0. The second kappa shape index (κ2) is 8.32. The van der Waals surface area contributed by atoms with Gasteiger partial charge in [0.2, 0.25) is 0 Å². The fourth-order valence-corrected chi connectivity index (χ4v) is 5.90. The molecule has 1 aromatic heterocycles. The third-order valence-electron chi connectivity index (χ3n) is 6.91. The molecule has 2 heterocycles. The van der Waals surface area contributed by atoms with Crippen molar-refractivity contribution in [3.63, 3.8) is 0 Å². The second-order valence-electron chi connectivity index (χ2n) is 9.38. The number of β-amino-alcohol motifs (C(OH)–C–C–N with tert-alkyl or cyclic N) is 1. The molecule has 2 unspecified atom stereocenters. The average Bonchev–Trinajstić information content (AvgIpc) is 3.28. The van der Waals surface area contributed by atoms with E-state index in [1.165, 1.54) is 11.1 Å². The van der Waals surface area contributed by atoms with Gasteiger partial charge in [0.1, 0.15) is 11.9 Å². The predicted molar refractivity (Wildman–Crippen MR) is 126 cm³/mol. The van der Waals surface area contributed by atoms with Gasteiger partial charge in [0.25, 0.3) is 0 Å². The Bertz CT molecular complexity index is 1110. The van der Waals surface area contributed by atoms with Crippen molar-refractivity contribution in [2.45, 2.75) is 51.4 Å². The number of imidazole rings is 1. The Kier molecular flexibility index (Phi) is 5.67. The Labute approximate surface area is 191 Å². The molecule has 3 aromatic rings. The topological polar surface area (TPSA) is 61.5 Å². The molecule has 5 rings (SSSR count). The first-order valence-corrected chi connectivity index (χ1v) is 12.0. The van der Waals surface area contributed by atoms with Gasteiger partial charge in [-0.3, -0.25) is 0 Å². The molecule has 6 heteroatoms. The number of aliphatic hydroxyl groups excluding tert-OH is 2. The monoisotopic (exact) mass is 483 g/mol. The highest BCUT2D eigenvalue weighted by atomic mass is 79.9. The zero-order valence-corrected chi connectivity index (χ0v) is 19.7. The lowest BCUT2D eigenvalue weighted by Gasteiger charge is -2.38. The maximum absolute atomic E-state index is 11.1. The summed E-state index contributed by atoms with van der Waals surface area (Å²) in [6.45, 7) is 6.42. The number of benzene rings is 2. The third kappa shape index (κ3) is 4.07. The van der Waals surface area contributed by atoms with Crippen LogP contribution in [0.2, 0.25) is 0 Å². The lowest BCUT2D eigenvalue weighted by Crippen LogP contribution is -2.46. The van der Waals surface area contributed by atoms with E-state index in [1.54, 1.807) is 6.92 Å². The summed E-state index contributed by atoms with van der Waals surface area (Å²) in [5.74, 6) is 1.26. The lowest BCUT2D eigenvalue weighted by atomic mass is 9.98. The zero-order valence-electron chi connectivity index (χ0n) is 18.1. The highest BCUT2D eigenvalue weighted by Crippen LogP contribution is 2.34. The minimum absolute atomic E-state index is 0.0645. The number of aromatic nitrogens is 2. The Balaban J connectivity index is 1.31. The molecule has 31 heavy (non-hydrogen) atoms. The molecule has 0 radical (unpaired) electrons. The van der Waals surface area contributed by atoms with Crippen LogP contribution >= 0.6 is 15.9 Å². The molecule has 1 saturated heterocycles. The average molecular weight is 484 g/mol. The number of fused-ring (bicyclic) bond motifs is 2. The van der Waals surface area contributed by atoms with Gasteiger partial charge in [-0.2, -0.15) is 0 Å². The Morgan fingerprint density at radius 2 is 1.97 bits per heavy atom. The summed E-state index contributed by atoms with van der Waals surface area (Å²) >= 11 is 3.58. The van der Waals surface area contributed by atoms with Gasteiger partial charge in [-0.05, 0) is 80.0 Å². The molecule has 2 N–H and O–H groups in total. The molecule has 1 fully saturated rings. The highest BCUT2D eigenvalue weighted by Gasteiger charge is 2.34. The number of hydrogen-bond acceptors (Lipinski definition) is 4. The van der Waals surface area contributed by atoms with Gasteiger partial charge in [-0.25, -0.2) is 4.98 Å². The van der Waals surface area contributed by atoms with E-state index in [9.17, 15) is 10.2 Å². The van der Waals surface area contributed by atoms with Crippen molar-refractivity contribution in [3.8, 4) is 0 Å². The van der Waals surface area contributed by atoms with E-state index in [1.807, 2.05) is 6.92 Å². The standard InChI is InChI=1S/C25H30BrN3O2/c1-15-3-6-22-21(9-15)27-25(16(2)30)29(22)23-7-8-28(14-24(23)31)13-17-10-18-4-5-20(26)12-19(18)11-17/h3-6,9,12,16-17,23-24,30-31H,7-8,10-11,13-14H2,1-2H3/t16?,17?,23-,24-/m1/s1. The summed E-state index contributed by atoms with van der Waals surface area (Å²) in [5, 5.41) is 21.5. The molecule has 0 saturated carbocycles. The van der Waals surface area contributed by atoms with Crippen molar-refractivity contribution in [2.75, 3.05) is 19.6 Å². The molecule has 0 spiro atoms. The van der Waals surface area contributed by atoms with E-state index in [2.05, 4.69) is 61.8 Å². The number of aliphatic hydroxyl groups is 2. The van der Waals surface area contributed by atoms with Gasteiger partial charge >= 0.3 is 0 Å². The normalized spacial score (nSPS) is 25.1. The summed E-state index contributed by atoms with van der Waals surface area (Å²) in [6, 6.07) is 12.7. The minimum Gasteiger partial charge on any atom is -0.390 e. The van der Waals surface area contributed by atoms with Crippen LogP contribution < -0.4 is 0 Å². The first kappa shape index (κ1) is 21.1. The Morgan fingerprint density at radius 1 is 1.16 bits per heavy atom. The van der Waals surface area contributed by atoms with Crippen molar-refractivity contribution in [2.24, 2.45) is 5.92 Å². The van der Waals surface area contributed by atoms with E-state index in [4.69, 9.17) is 4.98 Å². The SMILES string of the molecule is Cc1ccc2c(c1)nc(C(C)O)n2[C@@H]1CCN(CC2Cc3ccc(Br)cc3C2)C[C@H]1O. The molecule has 1 aliphatic heterocycles. The number of halogens is 1.